The Morgan fingerprint density at radius 1 is 0.806 bits per heavy atom. The van der Waals surface area contributed by atoms with Crippen molar-refractivity contribution in [3.63, 3.8) is 0 Å². The number of fused-ring (bicyclic) bond motifs is 3. The van der Waals surface area contributed by atoms with E-state index in [9.17, 15) is 15.0 Å². The first-order valence-corrected chi connectivity index (χ1v) is 10.0. The van der Waals surface area contributed by atoms with Crippen molar-refractivity contribution >= 4 is 23.1 Å². The van der Waals surface area contributed by atoms with Gasteiger partial charge in [-0.1, -0.05) is 0 Å². The molecule has 0 fully saturated rings. The fourth-order valence-electron chi connectivity index (χ4n) is 3.95. The van der Waals surface area contributed by atoms with E-state index in [1.807, 2.05) is 39.8 Å². The average molecular weight is 418 g/mol. The van der Waals surface area contributed by atoms with Crippen molar-refractivity contribution in [1.29, 1.82) is 0 Å². The Hall–Kier alpha value is -3.67. The number of ether oxygens (including phenoxy) is 2. The Morgan fingerprint density at radius 2 is 1.42 bits per heavy atom. The predicted octanol–water partition coefficient (Wildman–Crippen LogP) is 5.24. The lowest BCUT2D eigenvalue weighted by molar-refractivity contribution is 0.158. The summed E-state index contributed by atoms with van der Waals surface area (Å²) >= 11 is 0. The van der Waals surface area contributed by atoms with Gasteiger partial charge >= 0.3 is 0 Å². The van der Waals surface area contributed by atoms with Crippen LogP contribution >= 0.6 is 0 Å². The van der Waals surface area contributed by atoms with Gasteiger partial charge in [0.1, 0.15) is 51.4 Å². The number of aromatic hydroxyl groups is 2. The van der Waals surface area contributed by atoms with Gasteiger partial charge in [-0.3, -0.25) is 4.79 Å². The minimum Gasteiger partial charge on any atom is -0.507 e. The molecule has 5 rings (SSSR count). The van der Waals surface area contributed by atoms with Gasteiger partial charge in [0.05, 0.1) is 16.7 Å². The van der Waals surface area contributed by atoms with Crippen LogP contribution in [0.2, 0.25) is 0 Å². The fourth-order valence-corrected chi connectivity index (χ4v) is 3.95. The summed E-state index contributed by atoms with van der Waals surface area (Å²) in [6, 6.07) is 4.93. The Morgan fingerprint density at radius 3 is 2.10 bits per heavy atom. The highest BCUT2D eigenvalue weighted by molar-refractivity contribution is 5.94. The van der Waals surface area contributed by atoms with Crippen molar-refractivity contribution in [2.45, 2.75) is 38.9 Å². The second kappa shape index (κ2) is 6.17. The minimum absolute atomic E-state index is 0.0363. The molecule has 0 unspecified atom stereocenters. The number of phenolic OH excluding ortho intramolecular Hbond substituents is 2. The zero-order valence-corrected chi connectivity index (χ0v) is 17.6. The molecule has 0 saturated heterocycles. The average Bonchev–Trinajstić information content (AvgIpc) is 2.67. The molecule has 0 radical (unpaired) electrons. The summed E-state index contributed by atoms with van der Waals surface area (Å²) in [7, 11) is 0. The third-order valence-corrected chi connectivity index (χ3v) is 5.56. The van der Waals surface area contributed by atoms with E-state index in [1.54, 1.807) is 30.4 Å². The first kappa shape index (κ1) is 19.3. The van der Waals surface area contributed by atoms with Crippen LogP contribution in [0.1, 0.15) is 38.8 Å². The third kappa shape index (κ3) is 2.98. The van der Waals surface area contributed by atoms with Crippen molar-refractivity contribution < 1.29 is 24.1 Å². The van der Waals surface area contributed by atoms with Crippen LogP contribution in [-0.2, 0) is 0 Å². The van der Waals surface area contributed by atoms with Gasteiger partial charge in [-0.2, -0.15) is 0 Å². The van der Waals surface area contributed by atoms with Crippen molar-refractivity contribution in [3.05, 3.63) is 58.0 Å². The molecular weight excluding hydrogens is 396 g/mol. The molecule has 2 N–H and O–H groups in total. The molecule has 6 nitrogen and oxygen atoms in total. The van der Waals surface area contributed by atoms with E-state index < -0.39 is 16.6 Å². The highest BCUT2D eigenvalue weighted by Crippen LogP contribution is 2.44. The molecule has 3 heterocycles. The van der Waals surface area contributed by atoms with E-state index in [-0.39, 0.29) is 28.0 Å². The summed E-state index contributed by atoms with van der Waals surface area (Å²) in [6.07, 6.45) is 8.46. The summed E-state index contributed by atoms with van der Waals surface area (Å²) in [4.78, 5) is 13.3. The zero-order chi connectivity index (χ0) is 22.1. The molecule has 158 valence electrons. The Balaban J connectivity index is 1.71. The first-order chi connectivity index (χ1) is 14.6. The molecule has 0 amide bonds. The quantitative estimate of drug-likeness (QED) is 0.562. The van der Waals surface area contributed by atoms with E-state index >= 15 is 0 Å². The molecule has 0 spiro atoms. The van der Waals surface area contributed by atoms with Gasteiger partial charge in [0.25, 0.3) is 0 Å². The van der Waals surface area contributed by atoms with Crippen LogP contribution in [0.5, 0.6) is 23.0 Å². The Kier molecular flexibility index (Phi) is 3.84. The van der Waals surface area contributed by atoms with Crippen LogP contribution < -0.4 is 14.9 Å². The van der Waals surface area contributed by atoms with E-state index in [2.05, 4.69) is 0 Å². The van der Waals surface area contributed by atoms with E-state index in [0.717, 1.165) is 0 Å². The summed E-state index contributed by atoms with van der Waals surface area (Å²) in [5.74, 6) is 0.672. The lowest BCUT2D eigenvalue weighted by atomic mass is 9.95. The lowest BCUT2D eigenvalue weighted by Gasteiger charge is -2.28. The SMILES string of the molecule is CC1(C)C=Cc2c(ccc(-c3coc4cc5c(c(O)c4c3=O)C=CC(C)(C)O5)c2O)O1. The van der Waals surface area contributed by atoms with Crippen LogP contribution in [0.3, 0.4) is 0 Å². The maximum atomic E-state index is 13.3. The van der Waals surface area contributed by atoms with Gasteiger partial charge in [-0.25, -0.2) is 0 Å². The summed E-state index contributed by atoms with van der Waals surface area (Å²) in [6.45, 7) is 7.62. The molecule has 6 heteroatoms. The van der Waals surface area contributed by atoms with Crippen molar-refractivity contribution in [3.8, 4) is 34.1 Å². The van der Waals surface area contributed by atoms with Gasteiger partial charge in [-0.05, 0) is 64.1 Å². The summed E-state index contributed by atoms with van der Waals surface area (Å²) < 4.78 is 17.5. The molecule has 2 aliphatic heterocycles. The lowest BCUT2D eigenvalue weighted by Crippen LogP contribution is -2.27. The number of benzene rings is 2. The molecule has 0 saturated carbocycles. The van der Waals surface area contributed by atoms with Gasteiger partial charge < -0.3 is 24.1 Å². The monoisotopic (exact) mass is 418 g/mol. The Bertz CT molecular complexity index is 1370. The van der Waals surface area contributed by atoms with E-state index in [1.165, 1.54) is 6.26 Å². The molecule has 0 bridgehead atoms. The first-order valence-electron chi connectivity index (χ1n) is 10.0. The van der Waals surface area contributed by atoms with E-state index in [4.69, 9.17) is 13.9 Å². The minimum atomic E-state index is -0.535. The maximum absolute atomic E-state index is 13.3. The van der Waals surface area contributed by atoms with Crippen LogP contribution in [0.25, 0.3) is 34.2 Å². The van der Waals surface area contributed by atoms with Crippen LogP contribution in [0.4, 0.5) is 0 Å². The molecule has 0 atom stereocenters. The molecule has 3 aromatic rings. The van der Waals surface area contributed by atoms with Gasteiger partial charge in [0, 0.05) is 11.6 Å². The maximum Gasteiger partial charge on any atom is 0.204 e. The van der Waals surface area contributed by atoms with Gasteiger partial charge in [-0.15, -0.1) is 0 Å². The van der Waals surface area contributed by atoms with Gasteiger partial charge in [0.15, 0.2) is 0 Å². The van der Waals surface area contributed by atoms with Crippen LogP contribution in [0, 0.1) is 0 Å². The standard InChI is InChI=1S/C25H22O6/c1-24(2)9-7-14-17(30-24)6-5-13(21(14)26)16-12-29-19-11-18-15(8-10-25(3,4)31-18)22(27)20(19)23(16)28/h5-12,26-27H,1-4H3. The van der Waals surface area contributed by atoms with Crippen molar-refractivity contribution in [2.24, 2.45) is 0 Å². The molecule has 0 aliphatic carbocycles. The number of phenols is 2. The molecular formula is C25H22O6. The topological polar surface area (TPSA) is 89.1 Å². The van der Waals surface area contributed by atoms with Crippen LogP contribution in [0.15, 0.2) is 45.8 Å². The number of hydrogen-bond acceptors (Lipinski definition) is 6. The third-order valence-electron chi connectivity index (χ3n) is 5.56. The van der Waals surface area contributed by atoms with Gasteiger partial charge in [0.2, 0.25) is 5.43 Å². The molecule has 1 aromatic heterocycles. The molecule has 2 aliphatic rings. The normalized spacial score (nSPS) is 17.5. The largest absolute Gasteiger partial charge is 0.507 e. The number of hydrogen-bond donors (Lipinski definition) is 2. The molecule has 31 heavy (non-hydrogen) atoms. The second-order valence-corrected chi connectivity index (χ2v) is 8.94. The fraction of sp³-hybridized carbons (Fsp3) is 0.240. The highest BCUT2D eigenvalue weighted by atomic mass is 16.5. The Labute approximate surface area is 178 Å². The summed E-state index contributed by atoms with van der Waals surface area (Å²) in [5.41, 5.74) is 0.0862. The predicted molar refractivity (Wildman–Crippen MR) is 119 cm³/mol. The second-order valence-electron chi connectivity index (χ2n) is 8.94. The summed E-state index contributed by atoms with van der Waals surface area (Å²) in [5, 5.41) is 21.8. The number of rotatable bonds is 1. The highest BCUT2D eigenvalue weighted by Gasteiger charge is 2.28. The zero-order valence-electron chi connectivity index (χ0n) is 17.6. The van der Waals surface area contributed by atoms with E-state index in [0.29, 0.717) is 28.2 Å². The molecule has 2 aromatic carbocycles. The van der Waals surface area contributed by atoms with Crippen molar-refractivity contribution in [1.82, 2.24) is 0 Å². The van der Waals surface area contributed by atoms with Crippen molar-refractivity contribution in [2.75, 3.05) is 0 Å². The van der Waals surface area contributed by atoms with Crippen LogP contribution in [-0.4, -0.2) is 21.4 Å². The smallest absolute Gasteiger partial charge is 0.204 e.